The van der Waals surface area contributed by atoms with Gasteiger partial charge in [-0.25, -0.2) is 0 Å². The molecule has 4 heteroatoms. The fraction of sp³-hybridized carbons (Fsp3) is 0.923. The van der Waals surface area contributed by atoms with Crippen LogP contribution in [0.3, 0.4) is 0 Å². The fourth-order valence-electron chi connectivity index (χ4n) is 1.56. The van der Waals surface area contributed by atoms with Crippen LogP contribution in [0.4, 0.5) is 0 Å². The molecule has 0 bridgehead atoms. The van der Waals surface area contributed by atoms with Crippen LogP contribution in [0.5, 0.6) is 0 Å². The summed E-state index contributed by atoms with van der Waals surface area (Å²) in [6, 6.07) is 0.589. The lowest BCUT2D eigenvalue weighted by Gasteiger charge is -2.20. The van der Waals surface area contributed by atoms with Crippen molar-refractivity contribution in [2.24, 2.45) is 11.7 Å². The van der Waals surface area contributed by atoms with E-state index in [9.17, 15) is 4.79 Å². The molecule has 1 amide bonds. The third-order valence-electron chi connectivity index (χ3n) is 3.27. The van der Waals surface area contributed by atoms with Crippen molar-refractivity contribution in [2.75, 3.05) is 26.7 Å². The van der Waals surface area contributed by atoms with Crippen molar-refractivity contribution in [3.05, 3.63) is 0 Å². The number of rotatable bonds is 9. The van der Waals surface area contributed by atoms with E-state index in [0.29, 0.717) is 12.6 Å². The van der Waals surface area contributed by atoms with E-state index in [1.807, 2.05) is 6.92 Å². The molecule has 3 N–H and O–H groups in total. The molecular formula is C13H29N3O. The fourth-order valence-corrected chi connectivity index (χ4v) is 1.56. The van der Waals surface area contributed by atoms with E-state index < -0.39 is 0 Å². The molecule has 1 unspecified atom stereocenters. The Bertz CT molecular complexity index is 203. The molecule has 0 fully saturated rings. The summed E-state index contributed by atoms with van der Waals surface area (Å²) in [6.07, 6.45) is 2.97. The lowest BCUT2D eigenvalue weighted by atomic mass is 10.1. The van der Waals surface area contributed by atoms with Crippen LogP contribution in [0.1, 0.15) is 40.0 Å². The maximum Gasteiger partial charge on any atom is 0.224 e. The van der Waals surface area contributed by atoms with Crippen molar-refractivity contribution >= 4 is 5.91 Å². The van der Waals surface area contributed by atoms with Crippen LogP contribution < -0.4 is 11.1 Å². The lowest BCUT2D eigenvalue weighted by Crippen LogP contribution is -2.35. The molecule has 0 radical (unpaired) electrons. The largest absolute Gasteiger partial charge is 0.356 e. The summed E-state index contributed by atoms with van der Waals surface area (Å²) < 4.78 is 0. The molecule has 0 saturated carbocycles. The van der Waals surface area contributed by atoms with Crippen molar-refractivity contribution in [3.8, 4) is 0 Å². The number of hydrogen-bond donors (Lipinski definition) is 2. The summed E-state index contributed by atoms with van der Waals surface area (Å²) in [4.78, 5) is 13.9. The van der Waals surface area contributed by atoms with Gasteiger partial charge in [-0.05, 0) is 46.7 Å². The van der Waals surface area contributed by atoms with Crippen LogP contribution >= 0.6 is 0 Å². The first-order chi connectivity index (χ1) is 8.02. The Labute approximate surface area is 106 Å². The first-order valence-corrected chi connectivity index (χ1v) is 6.70. The second-order valence-corrected chi connectivity index (χ2v) is 4.91. The van der Waals surface area contributed by atoms with Crippen LogP contribution in [-0.2, 0) is 4.79 Å². The number of carbonyl (C=O) groups excluding carboxylic acids is 1. The average molecular weight is 243 g/mol. The molecule has 0 rings (SSSR count). The second-order valence-electron chi connectivity index (χ2n) is 4.91. The maximum absolute atomic E-state index is 11.6. The van der Waals surface area contributed by atoms with E-state index in [1.54, 1.807) is 0 Å². The van der Waals surface area contributed by atoms with Crippen LogP contribution in [0.25, 0.3) is 0 Å². The van der Waals surface area contributed by atoms with E-state index in [-0.39, 0.29) is 11.8 Å². The van der Waals surface area contributed by atoms with Gasteiger partial charge in [0.1, 0.15) is 0 Å². The Morgan fingerprint density at radius 2 is 2.00 bits per heavy atom. The monoisotopic (exact) mass is 243 g/mol. The molecule has 0 heterocycles. The summed E-state index contributed by atoms with van der Waals surface area (Å²) >= 11 is 0. The zero-order chi connectivity index (χ0) is 13.3. The zero-order valence-corrected chi connectivity index (χ0v) is 11.8. The first kappa shape index (κ1) is 16.4. The van der Waals surface area contributed by atoms with Crippen LogP contribution in [0.2, 0.25) is 0 Å². The highest BCUT2D eigenvalue weighted by molar-refractivity contribution is 5.78. The van der Waals surface area contributed by atoms with E-state index in [2.05, 4.69) is 31.1 Å². The van der Waals surface area contributed by atoms with Crippen molar-refractivity contribution in [1.82, 2.24) is 10.2 Å². The average Bonchev–Trinajstić information content (AvgIpc) is 2.29. The summed E-state index contributed by atoms with van der Waals surface area (Å²) in [5.41, 5.74) is 5.52. The van der Waals surface area contributed by atoms with E-state index in [1.165, 1.54) is 0 Å². The number of carbonyl (C=O) groups is 1. The number of nitrogens with zero attached hydrogens (tertiary/aromatic N) is 1. The molecule has 0 spiro atoms. The molecule has 0 aromatic rings. The predicted octanol–water partition coefficient (Wildman–Crippen LogP) is 1.21. The number of amides is 1. The Balaban J connectivity index is 3.54. The van der Waals surface area contributed by atoms with E-state index in [0.717, 1.165) is 32.4 Å². The van der Waals surface area contributed by atoms with Gasteiger partial charge in [0.25, 0.3) is 0 Å². The Kier molecular flexibility index (Phi) is 9.09. The number of nitrogens with two attached hydrogens (primary N) is 1. The van der Waals surface area contributed by atoms with Crippen LogP contribution in [0, 0.1) is 5.92 Å². The lowest BCUT2D eigenvalue weighted by molar-refractivity contribution is -0.124. The topological polar surface area (TPSA) is 58.4 Å². The Morgan fingerprint density at radius 1 is 1.35 bits per heavy atom. The molecule has 0 aliphatic carbocycles. The van der Waals surface area contributed by atoms with Crippen molar-refractivity contribution < 1.29 is 4.79 Å². The van der Waals surface area contributed by atoms with E-state index in [4.69, 9.17) is 5.73 Å². The molecule has 1 atom stereocenters. The van der Waals surface area contributed by atoms with Gasteiger partial charge in [-0.2, -0.15) is 0 Å². The predicted molar refractivity (Wildman–Crippen MR) is 72.8 cm³/mol. The third-order valence-corrected chi connectivity index (χ3v) is 3.27. The number of unbranched alkanes of at least 4 members (excludes halogenated alkanes) is 1. The minimum atomic E-state index is -0.0201. The molecule has 0 aliphatic rings. The summed E-state index contributed by atoms with van der Waals surface area (Å²) in [5.74, 6) is 0.0838. The highest BCUT2D eigenvalue weighted by Gasteiger charge is 2.13. The van der Waals surface area contributed by atoms with Crippen molar-refractivity contribution in [3.63, 3.8) is 0 Å². The number of nitrogens with one attached hydrogen (secondary N) is 1. The quantitative estimate of drug-likeness (QED) is 0.598. The van der Waals surface area contributed by atoms with Crippen LogP contribution in [0.15, 0.2) is 0 Å². The first-order valence-electron chi connectivity index (χ1n) is 6.70. The van der Waals surface area contributed by atoms with Gasteiger partial charge in [0.2, 0.25) is 5.91 Å². The summed E-state index contributed by atoms with van der Waals surface area (Å²) in [7, 11) is 2.13. The number of hydrogen-bond acceptors (Lipinski definition) is 3. The SMILES string of the molecule is CCC(CN)C(=O)NCCCCN(C)C(C)C. The highest BCUT2D eigenvalue weighted by atomic mass is 16.1. The molecule has 0 saturated heterocycles. The van der Waals surface area contributed by atoms with Crippen LogP contribution in [-0.4, -0.2) is 43.5 Å². The highest BCUT2D eigenvalue weighted by Crippen LogP contribution is 2.00. The molecule has 102 valence electrons. The minimum absolute atomic E-state index is 0.0201. The van der Waals surface area contributed by atoms with Gasteiger partial charge in [-0.1, -0.05) is 6.92 Å². The zero-order valence-electron chi connectivity index (χ0n) is 11.8. The van der Waals surface area contributed by atoms with Gasteiger partial charge in [0.05, 0.1) is 0 Å². The van der Waals surface area contributed by atoms with Gasteiger partial charge in [0, 0.05) is 25.0 Å². The molecule has 4 nitrogen and oxygen atoms in total. The molecule has 0 aromatic heterocycles. The molecule has 0 aliphatic heterocycles. The normalized spacial score (nSPS) is 13.1. The van der Waals surface area contributed by atoms with E-state index >= 15 is 0 Å². The van der Waals surface area contributed by atoms with Gasteiger partial charge in [-0.3, -0.25) is 4.79 Å². The third kappa shape index (κ3) is 7.34. The Morgan fingerprint density at radius 3 is 2.47 bits per heavy atom. The minimum Gasteiger partial charge on any atom is -0.356 e. The maximum atomic E-state index is 11.6. The second kappa shape index (κ2) is 9.42. The molecule has 0 aromatic carbocycles. The van der Waals surface area contributed by atoms with Gasteiger partial charge in [-0.15, -0.1) is 0 Å². The molecular weight excluding hydrogens is 214 g/mol. The van der Waals surface area contributed by atoms with Crippen molar-refractivity contribution in [2.45, 2.75) is 46.1 Å². The van der Waals surface area contributed by atoms with Gasteiger partial charge in [0.15, 0.2) is 0 Å². The van der Waals surface area contributed by atoms with Gasteiger partial charge >= 0.3 is 0 Å². The molecule has 17 heavy (non-hydrogen) atoms. The standard InChI is InChI=1S/C13H29N3O/c1-5-12(10-14)13(17)15-8-6-7-9-16(4)11(2)3/h11-12H,5-10,14H2,1-4H3,(H,15,17). The Hall–Kier alpha value is -0.610. The van der Waals surface area contributed by atoms with Crippen molar-refractivity contribution in [1.29, 1.82) is 0 Å². The summed E-state index contributed by atoms with van der Waals surface area (Å²) in [5, 5.41) is 2.95. The smallest absolute Gasteiger partial charge is 0.224 e. The van der Waals surface area contributed by atoms with Gasteiger partial charge < -0.3 is 16.0 Å². The summed E-state index contributed by atoms with van der Waals surface area (Å²) in [6.45, 7) is 8.67.